The van der Waals surface area contributed by atoms with E-state index < -0.39 is 11.9 Å². The first-order valence-corrected chi connectivity index (χ1v) is 8.25. The second-order valence-electron chi connectivity index (χ2n) is 6.50. The Morgan fingerprint density at radius 2 is 1.81 bits per heavy atom. The van der Waals surface area contributed by atoms with Gasteiger partial charge in [-0.3, -0.25) is 4.90 Å². The van der Waals surface area contributed by atoms with Crippen LogP contribution in [-0.4, -0.2) is 60.3 Å². The third-order valence-corrected chi connectivity index (χ3v) is 4.16. The molecule has 3 rings (SSSR count). The van der Waals surface area contributed by atoms with Crippen LogP contribution in [0.5, 0.6) is 0 Å². The van der Waals surface area contributed by atoms with Gasteiger partial charge in [-0.05, 0) is 6.92 Å². The van der Waals surface area contributed by atoms with Crippen LogP contribution in [0.1, 0.15) is 17.1 Å². The van der Waals surface area contributed by atoms with E-state index in [1.165, 1.54) is 0 Å². The maximum absolute atomic E-state index is 13.1. The fourth-order valence-electron chi connectivity index (χ4n) is 2.75. The molecule has 0 amide bonds. The first-order chi connectivity index (χ1) is 12.2. The highest BCUT2D eigenvalue weighted by molar-refractivity contribution is 5.45. The third-order valence-electron chi connectivity index (χ3n) is 4.16. The molecule has 0 spiro atoms. The van der Waals surface area contributed by atoms with Gasteiger partial charge in [0.05, 0.1) is 12.2 Å². The van der Waals surface area contributed by atoms with Crippen LogP contribution in [-0.2, 0) is 12.7 Å². The van der Waals surface area contributed by atoms with Crippen LogP contribution in [0.25, 0.3) is 0 Å². The lowest BCUT2D eigenvalue weighted by Crippen LogP contribution is -2.46. The number of halogens is 3. The summed E-state index contributed by atoms with van der Waals surface area (Å²) in [5, 5.41) is 3.86. The van der Waals surface area contributed by atoms with Crippen LogP contribution in [0, 0.1) is 6.92 Å². The lowest BCUT2D eigenvalue weighted by Gasteiger charge is -2.34. The average Bonchev–Trinajstić information content (AvgIpc) is 2.99. The molecule has 0 unspecified atom stereocenters. The predicted molar refractivity (Wildman–Crippen MR) is 90.1 cm³/mol. The van der Waals surface area contributed by atoms with E-state index in [9.17, 15) is 13.2 Å². The Balaban J connectivity index is 1.71. The lowest BCUT2D eigenvalue weighted by atomic mass is 10.3. The summed E-state index contributed by atoms with van der Waals surface area (Å²) in [7, 11) is 3.31. The molecular weight excluding hydrogens is 349 g/mol. The molecule has 0 aliphatic carbocycles. The number of nitrogens with zero attached hydrogens (tertiary/aromatic N) is 6. The Labute approximate surface area is 149 Å². The molecule has 0 saturated carbocycles. The molecule has 1 saturated heterocycles. The van der Waals surface area contributed by atoms with Gasteiger partial charge in [-0.15, -0.1) is 0 Å². The van der Waals surface area contributed by atoms with Crippen LogP contribution >= 0.6 is 0 Å². The molecule has 10 heteroatoms. The van der Waals surface area contributed by atoms with Gasteiger partial charge in [0, 0.05) is 52.4 Å². The van der Waals surface area contributed by atoms with Crippen molar-refractivity contribution in [2.24, 2.45) is 0 Å². The minimum Gasteiger partial charge on any atom is -0.363 e. The van der Waals surface area contributed by atoms with Crippen molar-refractivity contribution in [1.29, 1.82) is 0 Å². The van der Waals surface area contributed by atoms with E-state index in [-0.39, 0.29) is 11.8 Å². The van der Waals surface area contributed by atoms with E-state index in [2.05, 4.69) is 20.0 Å². The SMILES string of the molecule is Cc1cc(CN2CCN(c3nc(N(C)C)cc(C(F)(F)F)n3)CC2)on1. The maximum Gasteiger partial charge on any atom is 0.433 e. The van der Waals surface area contributed by atoms with Crippen molar-refractivity contribution < 1.29 is 17.7 Å². The predicted octanol–water partition coefficient (Wildman–Crippen LogP) is 2.18. The summed E-state index contributed by atoms with van der Waals surface area (Å²) in [6.07, 6.45) is -4.51. The average molecular weight is 370 g/mol. The third kappa shape index (κ3) is 4.24. The largest absolute Gasteiger partial charge is 0.433 e. The molecule has 0 bridgehead atoms. The first-order valence-electron chi connectivity index (χ1n) is 8.25. The standard InChI is InChI=1S/C16H21F3N6O/c1-11-8-12(26-22-11)10-24-4-6-25(7-5-24)15-20-13(16(17,18)19)9-14(21-15)23(2)3/h8-9H,4-7,10H2,1-3H3. The van der Waals surface area contributed by atoms with E-state index in [1.54, 1.807) is 23.9 Å². The Morgan fingerprint density at radius 3 is 2.35 bits per heavy atom. The quantitative estimate of drug-likeness (QED) is 0.817. The van der Waals surface area contributed by atoms with Crippen molar-refractivity contribution in [3.05, 3.63) is 29.3 Å². The summed E-state index contributed by atoms with van der Waals surface area (Å²) in [4.78, 5) is 13.5. The molecule has 0 aromatic carbocycles. The molecule has 2 aromatic rings. The van der Waals surface area contributed by atoms with Crippen molar-refractivity contribution in [2.75, 3.05) is 50.1 Å². The second kappa shape index (κ2) is 7.10. The minimum absolute atomic E-state index is 0.110. The van der Waals surface area contributed by atoms with Crippen LogP contribution in [0.15, 0.2) is 16.7 Å². The van der Waals surface area contributed by atoms with Crippen LogP contribution in [0.4, 0.5) is 24.9 Å². The molecule has 1 aliphatic heterocycles. The van der Waals surface area contributed by atoms with Gasteiger partial charge in [-0.1, -0.05) is 5.16 Å². The van der Waals surface area contributed by atoms with Crippen molar-refractivity contribution in [3.8, 4) is 0 Å². The molecule has 0 atom stereocenters. The minimum atomic E-state index is -4.51. The molecule has 3 heterocycles. The van der Waals surface area contributed by atoms with Gasteiger partial charge in [0.2, 0.25) is 5.95 Å². The second-order valence-corrected chi connectivity index (χ2v) is 6.50. The summed E-state index contributed by atoms with van der Waals surface area (Å²) in [5.74, 6) is 1.13. The highest BCUT2D eigenvalue weighted by Gasteiger charge is 2.34. The van der Waals surface area contributed by atoms with Gasteiger partial charge in [-0.2, -0.15) is 18.2 Å². The zero-order chi connectivity index (χ0) is 18.9. The molecular formula is C16H21F3N6O. The fraction of sp³-hybridized carbons (Fsp3) is 0.562. The molecule has 26 heavy (non-hydrogen) atoms. The Kier molecular flexibility index (Phi) is 5.03. The normalized spacial score (nSPS) is 16.2. The monoisotopic (exact) mass is 370 g/mol. The maximum atomic E-state index is 13.1. The van der Waals surface area contributed by atoms with Crippen LogP contribution in [0.2, 0.25) is 0 Å². The highest BCUT2D eigenvalue weighted by Crippen LogP contribution is 2.31. The van der Waals surface area contributed by atoms with E-state index in [1.807, 2.05) is 13.0 Å². The zero-order valence-electron chi connectivity index (χ0n) is 14.9. The van der Waals surface area contributed by atoms with Crippen LogP contribution in [0.3, 0.4) is 0 Å². The van der Waals surface area contributed by atoms with Gasteiger partial charge in [0.25, 0.3) is 0 Å². The lowest BCUT2D eigenvalue weighted by molar-refractivity contribution is -0.141. The van der Waals surface area contributed by atoms with Gasteiger partial charge < -0.3 is 14.3 Å². The smallest absolute Gasteiger partial charge is 0.363 e. The number of hydrogen-bond donors (Lipinski definition) is 0. The summed E-state index contributed by atoms with van der Waals surface area (Å²) in [6.45, 7) is 4.93. The fourth-order valence-corrected chi connectivity index (χ4v) is 2.75. The van der Waals surface area contributed by atoms with E-state index in [0.717, 1.165) is 17.5 Å². The Bertz CT molecular complexity index is 753. The number of aryl methyl sites for hydroxylation is 1. The van der Waals surface area contributed by atoms with Crippen molar-refractivity contribution >= 4 is 11.8 Å². The van der Waals surface area contributed by atoms with E-state index in [0.29, 0.717) is 32.7 Å². The molecule has 2 aromatic heterocycles. The molecule has 142 valence electrons. The number of aromatic nitrogens is 3. The molecule has 1 fully saturated rings. The Morgan fingerprint density at radius 1 is 1.12 bits per heavy atom. The number of rotatable bonds is 4. The van der Waals surface area contributed by atoms with Crippen molar-refractivity contribution in [3.63, 3.8) is 0 Å². The molecule has 0 N–H and O–H groups in total. The number of anilines is 2. The number of piperazine rings is 1. The number of alkyl halides is 3. The topological polar surface area (TPSA) is 61.5 Å². The van der Waals surface area contributed by atoms with E-state index >= 15 is 0 Å². The van der Waals surface area contributed by atoms with Gasteiger partial charge in [-0.25, -0.2) is 4.98 Å². The van der Waals surface area contributed by atoms with Crippen LogP contribution < -0.4 is 9.80 Å². The van der Waals surface area contributed by atoms with E-state index in [4.69, 9.17) is 4.52 Å². The van der Waals surface area contributed by atoms with Crippen molar-refractivity contribution in [2.45, 2.75) is 19.6 Å². The Hall–Kier alpha value is -2.36. The van der Waals surface area contributed by atoms with Gasteiger partial charge in [0.15, 0.2) is 11.5 Å². The van der Waals surface area contributed by atoms with Gasteiger partial charge >= 0.3 is 6.18 Å². The van der Waals surface area contributed by atoms with Gasteiger partial charge in [0.1, 0.15) is 5.82 Å². The number of hydrogen-bond acceptors (Lipinski definition) is 7. The summed E-state index contributed by atoms with van der Waals surface area (Å²) < 4.78 is 44.6. The molecule has 0 radical (unpaired) electrons. The highest BCUT2D eigenvalue weighted by atomic mass is 19.4. The molecule has 7 nitrogen and oxygen atoms in total. The zero-order valence-corrected chi connectivity index (χ0v) is 14.9. The molecule has 1 aliphatic rings. The first kappa shape index (κ1) is 18.4. The summed E-state index contributed by atoms with van der Waals surface area (Å²) >= 11 is 0. The summed E-state index contributed by atoms with van der Waals surface area (Å²) in [5.41, 5.74) is -0.0991. The summed E-state index contributed by atoms with van der Waals surface area (Å²) in [6, 6.07) is 2.84. The van der Waals surface area contributed by atoms with Crippen molar-refractivity contribution in [1.82, 2.24) is 20.0 Å².